The van der Waals surface area contributed by atoms with Crippen molar-refractivity contribution in [3.05, 3.63) is 222 Å². The molecule has 0 nitrogen and oxygen atoms in total. The summed E-state index contributed by atoms with van der Waals surface area (Å²) >= 11 is 0. The average Bonchev–Trinajstić information content (AvgIpc) is 3.74. The van der Waals surface area contributed by atoms with Crippen molar-refractivity contribution < 1.29 is 0 Å². The molecule has 0 bridgehead atoms. The van der Waals surface area contributed by atoms with E-state index < -0.39 is 0 Å². The van der Waals surface area contributed by atoms with E-state index in [1.54, 1.807) is 22.3 Å². The van der Waals surface area contributed by atoms with Gasteiger partial charge in [0.25, 0.3) is 0 Å². The number of unbranched alkanes of at least 4 members (excludes halogenated alkanes) is 5. The van der Waals surface area contributed by atoms with Crippen LogP contribution in [0.25, 0.3) is 22.3 Å². The summed E-state index contributed by atoms with van der Waals surface area (Å²) in [6, 6.07) is 52.6. The lowest BCUT2D eigenvalue weighted by Gasteiger charge is -2.34. The summed E-state index contributed by atoms with van der Waals surface area (Å²) in [5, 5.41) is 0. The third kappa shape index (κ3) is 8.90. The zero-order valence-electron chi connectivity index (χ0n) is 40.8. The van der Waals surface area contributed by atoms with E-state index in [-0.39, 0.29) is 5.41 Å². The first-order chi connectivity index (χ1) is 32.3. The zero-order valence-corrected chi connectivity index (χ0v) is 40.8. The summed E-state index contributed by atoms with van der Waals surface area (Å²) in [6.07, 6.45) is 21.5. The predicted octanol–water partition coefficient (Wildman–Crippen LogP) is 17.2. The van der Waals surface area contributed by atoms with Crippen molar-refractivity contribution in [1.82, 2.24) is 0 Å². The second kappa shape index (κ2) is 19.4. The minimum absolute atomic E-state index is 0.0703. The highest BCUT2D eigenvalue weighted by Gasteiger charge is 2.44. The number of aryl methyl sites for hydroxylation is 11. The molecule has 7 aromatic carbocycles. The number of hydrogen-bond donors (Lipinski definition) is 0. The molecule has 0 heterocycles. The van der Waals surface area contributed by atoms with Crippen LogP contribution in [-0.2, 0) is 50.4 Å². The quantitative estimate of drug-likeness (QED) is 0.0849. The van der Waals surface area contributed by atoms with E-state index in [0.29, 0.717) is 5.92 Å². The lowest BCUT2D eigenvalue weighted by molar-refractivity contribution is 0.517. The molecule has 0 saturated heterocycles. The second-order valence-electron chi connectivity index (χ2n) is 20.9. The summed E-state index contributed by atoms with van der Waals surface area (Å²) < 4.78 is 0. The molecular weight excluding hydrogens is 793 g/mol. The Hall–Kier alpha value is -5.46. The summed E-state index contributed by atoms with van der Waals surface area (Å²) in [5.74, 6) is 0.563. The fourth-order valence-corrected chi connectivity index (χ4v) is 12.2. The van der Waals surface area contributed by atoms with Crippen molar-refractivity contribution in [2.45, 2.75) is 155 Å². The zero-order chi connectivity index (χ0) is 45.2. The highest BCUT2D eigenvalue weighted by Crippen LogP contribution is 2.56. The Kier molecular flexibility index (Phi) is 13.0. The lowest BCUT2D eigenvalue weighted by atomic mass is 9.68. The maximum absolute atomic E-state index is 2.49. The molecule has 0 atom stereocenters. The van der Waals surface area contributed by atoms with Crippen LogP contribution in [0.15, 0.2) is 133 Å². The highest BCUT2D eigenvalue weighted by molar-refractivity contribution is 5.84. The molecule has 0 aromatic heterocycles. The molecule has 4 aliphatic carbocycles. The molecule has 4 aliphatic rings. The molecule has 7 aromatic rings. The summed E-state index contributed by atoms with van der Waals surface area (Å²) in [5.41, 5.74) is 29.6. The summed E-state index contributed by atoms with van der Waals surface area (Å²) in [7, 11) is 0. The normalized spacial score (nSPS) is 14.4. The lowest BCUT2D eigenvalue weighted by Crippen LogP contribution is -2.27. The Morgan fingerprint density at radius 1 is 0.394 bits per heavy atom. The van der Waals surface area contributed by atoms with Crippen LogP contribution in [0.1, 0.15) is 166 Å². The van der Waals surface area contributed by atoms with Gasteiger partial charge in [0.1, 0.15) is 0 Å². The van der Waals surface area contributed by atoms with Crippen molar-refractivity contribution in [3.63, 3.8) is 0 Å². The summed E-state index contributed by atoms with van der Waals surface area (Å²) in [6.45, 7) is 11.2. The minimum atomic E-state index is -0.0703. The van der Waals surface area contributed by atoms with Gasteiger partial charge in [0.2, 0.25) is 0 Å². The summed E-state index contributed by atoms with van der Waals surface area (Å²) in [4.78, 5) is 0. The van der Waals surface area contributed by atoms with Crippen LogP contribution in [-0.4, -0.2) is 0 Å². The van der Waals surface area contributed by atoms with Crippen molar-refractivity contribution in [1.29, 1.82) is 0 Å². The molecular formula is C66H72. The molecule has 336 valence electrons. The van der Waals surface area contributed by atoms with Crippen LogP contribution in [0.5, 0.6) is 0 Å². The maximum atomic E-state index is 2.49. The van der Waals surface area contributed by atoms with Crippen molar-refractivity contribution in [2.24, 2.45) is 0 Å². The highest BCUT2D eigenvalue weighted by atomic mass is 14.5. The van der Waals surface area contributed by atoms with Gasteiger partial charge in [-0.25, -0.2) is 0 Å². The Morgan fingerprint density at radius 3 is 1.38 bits per heavy atom. The first-order valence-corrected chi connectivity index (χ1v) is 26.0. The van der Waals surface area contributed by atoms with E-state index in [1.807, 2.05) is 0 Å². The van der Waals surface area contributed by atoms with Crippen LogP contribution in [0.2, 0.25) is 0 Å². The topological polar surface area (TPSA) is 0 Å². The van der Waals surface area contributed by atoms with Gasteiger partial charge in [-0.2, -0.15) is 0 Å². The molecule has 0 radical (unpaired) electrons. The Labute approximate surface area is 398 Å². The van der Waals surface area contributed by atoms with E-state index >= 15 is 0 Å². The van der Waals surface area contributed by atoms with E-state index in [1.165, 1.54) is 198 Å². The van der Waals surface area contributed by atoms with Crippen molar-refractivity contribution in [3.8, 4) is 22.3 Å². The Morgan fingerprint density at radius 2 is 0.864 bits per heavy atom. The molecule has 0 aliphatic heterocycles. The van der Waals surface area contributed by atoms with Gasteiger partial charge in [0, 0.05) is 11.3 Å². The fraction of sp³-hybridized carbons (Fsp3) is 0.364. The number of rotatable bonds is 16. The van der Waals surface area contributed by atoms with Crippen molar-refractivity contribution in [2.75, 3.05) is 0 Å². The average molecular weight is 865 g/mol. The Bertz CT molecular complexity index is 2740. The van der Waals surface area contributed by atoms with E-state index in [9.17, 15) is 0 Å². The smallest absolute Gasteiger partial charge is 0.0463 e. The van der Waals surface area contributed by atoms with Crippen molar-refractivity contribution >= 4 is 0 Å². The first-order valence-electron chi connectivity index (χ1n) is 26.0. The molecule has 0 heteroatoms. The molecule has 66 heavy (non-hydrogen) atoms. The SMILES string of the molecule is CCCCCCc1ccc(C2(CCCCCc3ccc4c(c3)CC4)c3cc(C)ccc3-c3ccc(C)cc32)cc1.Cc1ccc2c(c1)-c1cc(C)ccc1C2CCCc1ccc2c(c1)CC2. The largest absolute Gasteiger partial charge is 0.0654 e. The van der Waals surface area contributed by atoms with Gasteiger partial charge in [-0.05, 0) is 194 Å². The van der Waals surface area contributed by atoms with Crippen LogP contribution in [0, 0.1) is 27.7 Å². The molecule has 0 unspecified atom stereocenters. The molecule has 0 saturated carbocycles. The van der Waals surface area contributed by atoms with E-state index in [0.717, 1.165) is 0 Å². The van der Waals surface area contributed by atoms with Crippen LogP contribution < -0.4 is 0 Å². The van der Waals surface area contributed by atoms with Gasteiger partial charge in [-0.3, -0.25) is 0 Å². The second-order valence-corrected chi connectivity index (χ2v) is 20.9. The number of benzene rings is 7. The van der Waals surface area contributed by atoms with Gasteiger partial charge in [0.15, 0.2) is 0 Å². The predicted molar refractivity (Wildman–Crippen MR) is 282 cm³/mol. The standard InChI is InChI=1S/C40H46.C26H26/c1-4-5-6-8-11-31-16-21-35(22-17-31)40(25-10-7-9-12-32-15-18-33-19-20-34(33)28-32)38-26-29(2)13-23-36(38)37-24-14-30(3)27-39(37)40;1-17-6-12-23-22(24-13-7-18(2)15-26(24)25(23)14-17)5-3-4-19-8-9-20-10-11-21(20)16-19/h13-18,21-24,26-28H,4-12,19-20,25H2,1-3H3;6-9,12-16,22H,3-5,10-11H2,1-2H3. The van der Waals surface area contributed by atoms with Gasteiger partial charge in [-0.1, -0.05) is 195 Å². The van der Waals surface area contributed by atoms with E-state index in [4.69, 9.17) is 0 Å². The maximum Gasteiger partial charge on any atom is 0.0463 e. The molecule has 0 spiro atoms. The fourth-order valence-electron chi connectivity index (χ4n) is 12.2. The molecule has 0 fully saturated rings. The third-order valence-corrected chi connectivity index (χ3v) is 16.1. The van der Waals surface area contributed by atoms with E-state index in [2.05, 4.69) is 168 Å². The van der Waals surface area contributed by atoms with Crippen LogP contribution in [0.4, 0.5) is 0 Å². The Balaban J connectivity index is 0.000000169. The molecule has 11 rings (SSSR count). The third-order valence-electron chi connectivity index (χ3n) is 16.1. The number of hydrogen-bond acceptors (Lipinski definition) is 0. The van der Waals surface area contributed by atoms with Crippen LogP contribution in [0.3, 0.4) is 0 Å². The van der Waals surface area contributed by atoms with Gasteiger partial charge in [0.05, 0.1) is 0 Å². The molecule has 0 N–H and O–H groups in total. The van der Waals surface area contributed by atoms with Crippen LogP contribution >= 0.6 is 0 Å². The first kappa shape index (κ1) is 44.4. The monoisotopic (exact) mass is 865 g/mol. The van der Waals surface area contributed by atoms with Gasteiger partial charge >= 0.3 is 0 Å². The molecule has 0 amide bonds. The van der Waals surface area contributed by atoms with Gasteiger partial charge in [-0.15, -0.1) is 0 Å². The van der Waals surface area contributed by atoms with Gasteiger partial charge < -0.3 is 0 Å². The minimum Gasteiger partial charge on any atom is -0.0654 e. The number of fused-ring (bicyclic) bond motifs is 8.